The molecule has 2 heteroatoms. The summed E-state index contributed by atoms with van der Waals surface area (Å²) < 4.78 is 0. The van der Waals surface area contributed by atoms with Crippen LogP contribution < -0.4 is 11.1 Å². The molecule has 0 amide bonds. The van der Waals surface area contributed by atoms with Crippen molar-refractivity contribution in [2.24, 2.45) is 29.4 Å². The van der Waals surface area contributed by atoms with Crippen LogP contribution in [-0.4, -0.2) is 19.6 Å². The van der Waals surface area contributed by atoms with Crippen LogP contribution in [0.5, 0.6) is 0 Å². The second-order valence-corrected chi connectivity index (χ2v) is 6.01. The molecule has 16 heavy (non-hydrogen) atoms. The van der Waals surface area contributed by atoms with Crippen LogP contribution in [0.3, 0.4) is 0 Å². The molecule has 0 aromatic heterocycles. The van der Waals surface area contributed by atoms with Crippen molar-refractivity contribution in [3.63, 3.8) is 0 Å². The fraction of sp³-hybridized carbons (Fsp3) is 1.00. The summed E-state index contributed by atoms with van der Waals surface area (Å²) in [6.07, 6.45) is 8.51. The van der Waals surface area contributed by atoms with Crippen molar-refractivity contribution in [2.45, 2.75) is 45.4 Å². The van der Waals surface area contributed by atoms with Gasteiger partial charge in [-0.1, -0.05) is 19.8 Å². The molecule has 2 aliphatic carbocycles. The van der Waals surface area contributed by atoms with Gasteiger partial charge in [-0.3, -0.25) is 0 Å². The van der Waals surface area contributed by atoms with E-state index in [-0.39, 0.29) is 0 Å². The third-order valence-electron chi connectivity index (χ3n) is 4.67. The largest absolute Gasteiger partial charge is 0.330 e. The lowest BCUT2D eigenvalue weighted by atomic mass is 9.79. The number of hydrogen-bond donors (Lipinski definition) is 2. The summed E-state index contributed by atoms with van der Waals surface area (Å²) in [6, 6.07) is 0. The zero-order valence-corrected chi connectivity index (χ0v) is 10.8. The molecule has 2 saturated carbocycles. The Bertz CT molecular complexity index is 201. The van der Waals surface area contributed by atoms with Gasteiger partial charge in [0.2, 0.25) is 0 Å². The average molecular weight is 224 g/mol. The van der Waals surface area contributed by atoms with Crippen LogP contribution >= 0.6 is 0 Å². The molecule has 2 nitrogen and oxygen atoms in total. The van der Waals surface area contributed by atoms with Gasteiger partial charge in [0.25, 0.3) is 0 Å². The van der Waals surface area contributed by atoms with E-state index in [2.05, 4.69) is 12.2 Å². The highest BCUT2D eigenvalue weighted by atomic mass is 14.9. The molecule has 2 rings (SSSR count). The van der Waals surface area contributed by atoms with Gasteiger partial charge in [0.1, 0.15) is 0 Å². The third kappa shape index (κ3) is 3.46. The molecule has 0 aliphatic heterocycles. The molecule has 3 N–H and O–H groups in total. The predicted molar refractivity (Wildman–Crippen MR) is 69.3 cm³/mol. The van der Waals surface area contributed by atoms with Crippen molar-refractivity contribution >= 4 is 0 Å². The fourth-order valence-corrected chi connectivity index (χ4v) is 3.19. The summed E-state index contributed by atoms with van der Waals surface area (Å²) >= 11 is 0. The Labute approximate surface area is 100 Å². The minimum absolute atomic E-state index is 0.789. The molecular weight excluding hydrogens is 196 g/mol. The highest BCUT2D eigenvalue weighted by Crippen LogP contribution is 2.36. The molecule has 0 aromatic rings. The Morgan fingerprint density at radius 1 is 1.12 bits per heavy atom. The number of hydrogen-bond acceptors (Lipinski definition) is 2. The Morgan fingerprint density at radius 2 is 1.81 bits per heavy atom. The fourth-order valence-electron chi connectivity index (χ4n) is 3.19. The molecule has 3 unspecified atom stereocenters. The van der Waals surface area contributed by atoms with Gasteiger partial charge in [0, 0.05) is 0 Å². The quantitative estimate of drug-likeness (QED) is 0.727. The zero-order valence-electron chi connectivity index (χ0n) is 10.8. The number of nitrogens with one attached hydrogen (secondary N) is 1. The first kappa shape index (κ1) is 12.4. The molecule has 0 bridgehead atoms. The molecule has 2 fully saturated rings. The SMILES string of the molecule is CC(CNCC1CCCCC1CN)C1CC1. The minimum atomic E-state index is 0.789. The monoisotopic (exact) mass is 224 g/mol. The van der Waals surface area contributed by atoms with Crippen LogP contribution in [0, 0.1) is 23.7 Å². The van der Waals surface area contributed by atoms with Crippen LogP contribution in [0.4, 0.5) is 0 Å². The highest BCUT2D eigenvalue weighted by molar-refractivity contribution is 4.81. The van der Waals surface area contributed by atoms with Crippen molar-refractivity contribution in [3.05, 3.63) is 0 Å². The van der Waals surface area contributed by atoms with E-state index in [1.54, 1.807) is 0 Å². The molecule has 0 aromatic carbocycles. The molecule has 2 aliphatic rings. The van der Waals surface area contributed by atoms with Crippen LogP contribution in [0.25, 0.3) is 0 Å². The van der Waals surface area contributed by atoms with Crippen molar-refractivity contribution in [3.8, 4) is 0 Å². The van der Waals surface area contributed by atoms with Crippen LogP contribution in [-0.2, 0) is 0 Å². The normalized spacial score (nSPS) is 32.6. The maximum absolute atomic E-state index is 5.86. The van der Waals surface area contributed by atoms with Crippen LogP contribution in [0.2, 0.25) is 0 Å². The van der Waals surface area contributed by atoms with Gasteiger partial charge >= 0.3 is 0 Å². The lowest BCUT2D eigenvalue weighted by molar-refractivity contribution is 0.232. The third-order valence-corrected chi connectivity index (χ3v) is 4.67. The Hall–Kier alpha value is -0.0800. The van der Waals surface area contributed by atoms with E-state index in [1.807, 2.05) is 0 Å². The zero-order chi connectivity index (χ0) is 11.4. The molecule has 0 spiro atoms. The topological polar surface area (TPSA) is 38.0 Å². The van der Waals surface area contributed by atoms with Crippen LogP contribution in [0.15, 0.2) is 0 Å². The van der Waals surface area contributed by atoms with E-state index in [0.29, 0.717) is 0 Å². The standard InChI is InChI=1S/C14H28N2/c1-11(12-6-7-12)9-16-10-14-5-3-2-4-13(14)8-15/h11-14,16H,2-10,15H2,1H3. The maximum Gasteiger partial charge on any atom is -0.00173 e. The van der Waals surface area contributed by atoms with Gasteiger partial charge in [-0.25, -0.2) is 0 Å². The summed E-state index contributed by atoms with van der Waals surface area (Å²) in [4.78, 5) is 0. The molecule has 0 saturated heterocycles. The lowest BCUT2D eigenvalue weighted by Crippen LogP contribution is -2.36. The highest BCUT2D eigenvalue weighted by Gasteiger charge is 2.28. The van der Waals surface area contributed by atoms with Crippen LogP contribution in [0.1, 0.15) is 45.4 Å². The van der Waals surface area contributed by atoms with Crippen molar-refractivity contribution in [1.82, 2.24) is 5.32 Å². The summed E-state index contributed by atoms with van der Waals surface area (Å²) in [7, 11) is 0. The minimum Gasteiger partial charge on any atom is -0.330 e. The summed E-state index contributed by atoms with van der Waals surface area (Å²) in [5.74, 6) is 3.56. The van der Waals surface area contributed by atoms with E-state index in [0.717, 1.165) is 30.2 Å². The van der Waals surface area contributed by atoms with Gasteiger partial charge in [0.15, 0.2) is 0 Å². The number of rotatable bonds is 6. The van der Waals surface area contributed by atoms with Crippen molar-refractivity contribution in [2.75, 3.05) is 19.6 Å². The average Bonchev–Trinajstić information content (AvgIpc) is 3.13. The molecule has 0 radical (unpaired) electrons. The van der Waals surface area contributed by atoms with E-state index >= 15 is 0 Å². The summed E-state index contributed by atoms with van der Waals surface area (Å²) in [5.41, 5.74) is 5.86. The first-order valence-electron chi connectivity index (χ1n) is 7.22. The second-order valence-electron chi connectivity index (χ2n) is 6.01. The van der Waals surface area contributed by atoms with E-state index < -0.39 is 0 Å². The Balaban J connectivity index is 1.63. The Morgan fingerprint density at radius 3 is 2.44 bits per heavy atom. The Kier molecular flexibility index (Phi) is 4.66. The van der Waals surface area contributed by atoms with Gasteiger partial charge < -0.3 is 11.1 Å². The summed E-state index contributed by atoms with van der Waals surface area (Å²) in [6.45, 7) is 5.72. The molecule has 94 valence electrons. The smallest absolute Gasteiger partial charge is 0.00173 e. The maximum atomic E-state index is 5.86. The van der Waals surface area contributed by atoms with E-state index in [4.69, 9.17) is 5.73 Å². The molecule has 3 atom stereocenters. The molecular formula is C14H28N2. The first-order valence-corrected chi connectivity index (χ1v) is 7.22. The second kappa shape index (κ2) is 6.02. The van der Waals surface area contributed by atoms with Gasteiger partial charge in [-0.2, -0.15) is 0 Å². The van der Waals surface area contributed by atoms with Gasteiger partial charge in [-0.05, 0) is 69.0 Å². The van der Waals surface area contributed by atoms with Crippen molar-refractivity contribution in [1.29, 1.82) is 0 Å². The van der Waals surface area contributed by atoms with Crippen molar-refractivity contribution < 1.29 is 0 Å². The van der Waals surface area contributed by atoms with E-state index in [1.165, 1.54) is 51.6 Å². The summed E-state index contributed by atoms with van der Waals surface area (Å²) in [5, 5.41) is 3.68. The lowest BCUT2D eigenvalue weighted by Gasteiger charge is -2.31. The predicted octanol–water partition coefficient (Wildman–Crippen LogP) is 2.39. The van der Waals surface area contributed by atoms with Gasteiger partial charge in [0.05, 0.1) is 0 Å². The molecule has 0 heterocycles. The van der Waals surface area contributed by atoms with E-state index in [9.17, 15) is 0 Å². The number of nitrogens with two attached hydrogens (primary N) is 1. The first-order chi connectivity index (χ1) is 7.81. The van der Waals surface area contributed by atoms with Gasteiger partial charge in [-0.15, -0.1) is 0 Å².